The second-order valence-electron chi connectivity index (χ2n) is 5.12. The van der Waals surface area contributed by atoms with Gasteiger partial charge in [-0.25, -0.2) is 4.98 Å². The smallest absolute Gasteiger partial charge is 0.230 e. The summed E-state index contributed by atoms with van der Waals surface area (Å²) in [6.07, 6.45) is 0.715. The minimum atomic E-state index is -0.111. The van der Waals surface area contributed by atoms with E-state index < -0.39 is 0 Å². The maximum absolute atomic E-state index is 12.0. The number of halogens is 2. The van der Waals surface area contributed by atoms with Gasteiger partial charge < -0.3 is 5.32 Å². The van der Waals surface area contributed by atoms with Crippen LogP contribution in [0.4, 0.5) is 0 Å². The summed E-state index contributed by atoms with van der Waals surface area (Å²) in [6.45, 7) is 0.354. The van der Waals surface area contributed by atoms with E-state index in [9.17, 15) is 4.79 Å². The predicted molar refractivity (Wildman–Crippen MR) is 103 cm³/mol. The fourth-order valence-electron chi connectivity index (χ4n) is 2.04. The molecule has 2 N–H and O–H groups in total. The standard InChI is InChI=1S/C16H14Cl2N4OS2/c17-11-4-3-10(13(18)6-11)8-19-15(23)9-25-16-20-14(21-22-16)7-12-2-1-5-24-12/h1-6H,7-9H2,(H,19,23)(H,20,21,22). The van der Waals surface area contributed by atoms with Gasteiger partial charge in [-0.05, 0) is 29.1 Å². The van der Waals surface area contributed by atoms with Gasteiger partial charge in [-0.2, -0.15) is 0 Å². The van der Waals surface area contributed by atoms with Crippen molar-refractivity contribution >= 4 is 52.2 Å². The Balaban J connectivity index is 1.45. The Morgan fingerprint density at radius 3 is 2.96 bits per heavy atom. The molecule has 0 spiro atoms. The second-order valence-corrected chi connectivity index (χ2v) is 7.94. The van der Waals surface area contributed by atoms with Gasteiger partial charge in [0.1, 0.15) is 5.82 Å². The summed E-state index contributed by atoms with van der Waals surface area (Å²) in [7, 11) is 0. The summed E-state index contributed by atoms with van der Waals surface area (Å²) in [5.41, 5.74) is 0.820. The van der Waals surface area contributed by atoms with E-state index in [2.05, 4.69) is 26.6 Å². The van der Waals surface area contributed by atoms with E-state index in [0.29, 0.717) is 28.2 Å². The van der Waals surface area contributed by atoms with E-state index >= 15 is 0 Å². The molecule has 0 aliphatic rings. The molecule has 0 saturated carbocycles. The Hall–Kier alpha value is -1.54. The van der Waals surface area contributed by atoms with Gasteiger partial charge in [0, 0.05) is 27.9 Å². The molecule has 0 unspecified atom stereocenters. The van der Waals surface area contributed by atoms with E-state index in [1.165, 1.54) is 16.6 Å². The molecule has 0 radical (unpaired) electrons. The van der Waals surface area contributed by atoms with Gasteiger partial charge in [0.05, 0.1) is 5.75 Å². The van der Waals surface area contributed by atoms with Crippen molar-refractivity contribution in [2.45, 2.75) is 18.1 Å². The Morgan fingerprint density at radius 1 is 1.32 bits per heavy atom. The lowest BCUT2D eigenvalue weighted by atomic mass is 10.2. The van der Waals surface area contributed by atoms with Crippen molar-refractivity contribution in [2.24, 2.45) is 0 Å². The van der Waals surface area contributed by atoms with Crippen LogP contribution in [0.1, 0.15) is 16.3 Å². The first-order valence-corrected chi connectivity index (χ1v) is 9.99. The number of amides is 1. The summed E-state index contributed by atoms with van der Waals surface area (Å²) in [6, 6.07) is 9.25. The number of hydrogen-bond acceptors (Lipinski definition) is 5. The van der Waals surface area contributed by atoms with Crippen molar-refractivity contribution in [3.8, 4) is 0 Å². The number of aromatic amines is 1. The lowest BCUT2D eigenvalue weighted by Gasteiger charge is -2.06. The minimum absolute atomic E-state index is 0.111. The lowest BCUT2D eigenvalue weighted by Crippen LogP contribution is -2.24. The molecular formula is C16H14Cl2N4OS2. The van der Waals surface area contributed by atoms with E-state index in [0.717, 1.165) is 11.4 Å². The van der Waals surface area contributed by atoms with Gasteiger partial charge in [-0.15, -0.1) is 16.4 Å². The molecule has 5 nitrogen and oxygen atoms in total. The third-order valence-electron chi connectivity index (χ3n) is 3.26. The molecule has 2 heterocycles. The number of nitrogens with zero attached hydrogens (tertiary/aromatic N) is 2. The van der Waals surface area contributed by atoms with Gasteiger partial charge in [0.2, 0.25) is 11.1 Å². The molecule has 0 saturated heterocycles. The SMILES string of the molecule is O=C(CSc1n[nH]c(Cc2cccs2)n1)NCc1ccc(Cl)cc1Cl. The van der Waals surface area contributed by atoms with Crippen LogP contribution in [-0.2, 0) is 17.8 Å². The average Bonchev–Trinajstić information content (AvgIpc) is 3.24. The molecule has 2 aromatic heterocycles. The lowest BCUT2D eigenvalue weighted by molar-refractivity contribution is -0.118. The zero-order valence-electron chi connectivity index (χ0n) is 13.0. The van der Waals surface area contributed by atoms with Crippen molar-refractivity contribution in [3.63, 3.8) is 0 Å². The van der Waals surface area contributed by atoms with Gasteiger partial charge in [-0.1, -0.05) is 47.1 Å². The van der Waals surface area contributed by atoms with Crippen LogP contribution in [0.3, 0.4) is 0 Å². The molecule has 0 bridgehead atoms. The minimum Gasteiger partial charge on any atom is -0.351 e. The molecule has 0 fully saturated rings. The van der Waals surface area contributed by atoms with Crippen LogP contribution in [0, 0.1) is 0 Å². The molecule has 25 heavy (non-hydrogen) atoms. The van der Waals surface area contributed by atoms with Crippen molar-refractivity contribution in [1.82, 2.24) is 20.5 Å². The van der Waals surface area contributed by atoms with Crippen molar-refractivity contribution in [3.05, 3.63) is 62.0 Å². The average molecular weight is 413 g/mol. The topological polar surface area (TPSA) is 70.7 Å². The molecule has 1 amide bonds. The molecule has 3 rings (SSSR count). The van der Waals surface area contributed by atoms with Gasteiger partial charge >= 0.3 is 0 Å². The van der Waals surface area contributed by atoms with Crippen molar-refractivity contribution in [2.75, 3.05) is 5.75 Å². The summed E-state index contributed by atoms with van der Waals surface area (Å²) in [5.74, 6) is 0.917. The van der Waals surface area contributed by atoms with Gasteiger partial charge in [0.15, 0.2) is 0 Å². The van der Waals surface area contributed by atoms with Crippen molar-refractivity contribution < 1.29 is 4.79 Å². The fraction of sp³-hybridized carbons (Fsp3) is 0.188. The molecule has 0 atom stereocenters. The number of carbonyl (C=O) groups is 1. The molecule has 1 aromatic carbocycles. The quantitative estimate of drug-likeness (QED) is 0.571. The molecule has 9 heteroatoms. The molecule has 0 aliphatic heterocycles. The van der Waals surface area contributed by atoms with Gasteiger partial charge in [0.25, 0.3) is 0 Å². The van der Waals surface area contributed by atoms with Crippen LogP contribution in [0.25, 0.3) is 0 Å². The normalized spacial score (nSPS) is 10.8. The highest BCUT2D eigenvalue weighted by atomic mass is 35.5. The Morgan fingerprint density at radius 2 is 2.20 bits per heavy atom. The van der Waals surface area contributed by atoms with E-state index in [1.54, 1.807) is 29.5 Å². The van der Waals surface area contributed by atoms with E-state index in [1.807, 2.05) is 11.4 Å². The highest BCUT2D eigenvalue weighted by molar-refractivity contribution is 7.99. The largest absolute Gasteiger partial charge is 0.351 e. The van der Waals surface area contributed by atoms with Crippen LogP contribution in [-0.4, -0.2) is 26.8 Å². The number of nitrogens with one attached hydrogen (secondary N) is 2. The summed E-state index contributed by atoms with van der Waals surface area (Å²) in [4.78, 5) is 17.6. The Bertz CT molecular complexity index is 852. The number of carbonyl (C=O) groups excluding carboxylic acids is 1. The Kier molecular flexibility index (Phi) is 6.36. The first-order valence-electron chi connectivity index (χ1n) is 7.37. The predicted octanol–water partition coefficient (Wildman–Crippen LogP) is 4.17. The number of aromatic nitrogens is 3. The third kappa shape index (κ3) is 5.47. The number of H-pyrrole nitrogens is 1. The first-order chi connectivity index (χ1) is 12.1. The zero-order valence-corrected chi connectivity index (χ0v) is 16.1. The van der Waals surface area contributed by atoms with E-state index in [-0.39, 0.29) is 11.7 Å². The number of benzene rings is 1. The number of hydrogen-bond donors (Lipinski definition) is 2. The molecule has 0 aliphatic carbocycles. The number of rotatable bonds is 7. The summed E-state index contributed by atoms with van der Waals surface area (Å²) >= 11 is 14.9. The highest BCUT2D eigenvalue weighted by Gasteiger charge is 2.09. The van der Waals surface area contributed by atoms with Crippen LogP contribution < -0.4 is 5.32 Å². The molecule has 130 valence electrons. The Labute approximate surface area is 163 Å². The van der Waals surface area contributed by atoms with Crippen LogP contribution in [0.5, 0.6) is 0 Å². The third-order valence-corrected chi connectivity index (χ3v) is 5.57. The number of thioether (sulfide) groups is 1. The maximum Gasteiger partial charge on any atom is 0.230 e. The van der Waals surface area contributed by atoms with Crippen LogP contribution >= 0.6 is 46.3 Å². The van der Waals surface area contributed by atoms with Gasteiger partial charge in [-0.3, -0.25) is 9.89 Å². The van der Waals surface area contributed by atoms with Crippen molar-refractivity contribution in [1.29, 1.82) is 0 Å². The zero-order chi connectivity index (χ0) is 17.6. The highest BCUT2D eigenvalue weighted by Crippen LogP contribution is 2.21. The monoisotopic (exact) mass is 412 g/mol. The van der Waals surface area contributed by atoms with Crippen LogP contribution in [0.2, 0.25) is 10.0 Å². The van der Waals surface area contributed by atoms with Crippen LogP contribution in [0.15, 0.2) is 40.9 Å². The van der Waals surface area contributed by atoms with E-state index in [4.69, 9.17) is 23.2 Å². The fourth-order valence-corrected chi connectivity index (χ4v) is 3.87. The molecule has 3 aromatic rings. The summed E-state index contributed by atoms with van der Waals surface area (Å²) in [5, 5.41) is 13.5. The molecular weight excluding hydrogens is 399 g/mol. The summed E-state index contributed by atoms with van der Waals surface area (Å²) < 4.78 is 0. The maximum atomic E-state index is 12.0. The first kappa shape index (κ1) is 18.3. The number of thiophene rings is 1. The second kappa shape index (κ2) is 8.71.